The predicted octanol–water partition coefficient (Wildman–Crippen LogP) is 2.44. The molecule has 2 rings (SSSR count). The van der Waals surface area contributed by atoms with Gasteiger partial charge in [-0.1, -0.05) is 0 Å². The molecule has 0 aliphatic carbocycles. The van der Waals surface area contributed by atoms with Crippen molar-refractivity contribution in [1.82, 2.24) is 4.31 Å². The molecule has 22 heavy (non-hydrogen) atoms. The molecule has 1 saturated heterocycles. The number of halogens is 3. The van der Waals surface area contributed by atoms with E-state index in [-0.39, 0.29) is 36.5 Å². The zero-order valence-electron chi connectivity index (χ0n) is 12.6. The third-order valence-corrected chi connectivity index (χ3v) is 5.88. The molecule has 1 heterocycles. The van der Waals surface area contributed by atoms with E-state index < -0.39 is 26.6 Å². The average molecular weight is 355 g/mol. The van der Waals surface area contributed by atoms with E-state index in [4.69, 9.17) is 5.73 Å². The second kappa shape index (κ2) is 7.21. The Morgan fingerprint density at radius 3 is 2.55 bits per heavy atom. The number of piperidine rings is 1. The molecule has 0 spiro atoms. The van der Waals surface area contributed by atoms with Crippen molar-refractivity contribution in [3.05, 3.63) is 29.3 Å². The van der Waals surface area contributed by atoms with Crippen molar-refractivity contribution in [2.45, 2.75) is 37.6 Å². The van der Waals surface area contributed by atoms with E-state index in [9.17, 15) is 17.2 Å². The molecular weight excluding hydrogens is 334 g/mol. The summed E-state index contributed by atoms with van der Waals surface area (Å²) in [7, 11) is -4.04. The molecule has 0 bridgehead atoms. The van der Waals surface area contributed by atoms with Crippen LogP contribution in [0.15, 0.2) is 17.0 Å². The molecule has 1 fully saturated rings. The standard InChI is InChI=1S/C14H20F2N2O2S.ClH/c1-9-6-13(16)14(7-12(9)15)21(19,20)18-5-3-4-11(8-18)10(2)17;/h6-7,10-11H,3-5,8,17H2,1-2H3;1H. The van der Waals surface area contributed by atoms with E-state index in [1.807, 2.05) is 6.92 Å². The van der Waals surface area contributed by atoms with E-state index in [2.05, 4.69) is 0 Å². The first kappa shape index (κ1) is 19.3. The van der Waals surface area contributed by atoms with Gasteiger partial charge >= 0.3 is 0 Å². The van der Waals surface area contributed by atoms with Gasteiger partial charge in [-0.3, -0.25) is 0 Å². The first-order valence-electron chi connectivity index (χ1n) is 6.95. The zero-order valence-corrected chi connectivity index (χ0v) is 14.2. The van der Waals surface area contributed by atoms with E-state index in [0.29, 0.717) is 13.0 Å². The van der Waals surface area contributed by atoms with Crippen LogP contribution in [0.5, 0.6) is 0 Å². The Balaban J connectivity index is 0.00000242. The van der Waals surface area contributed by atoms with Crippen molar-refractivity contribution in [1.29, 1.82) is 0 Å². The minimum Gasteiger partial charge on any atom is -0.328 e. The average Bonchev–Trinajstić information content (AvgIpc) is 2.42. The molecule has 1 aromatic rings. The molecule has 0 radical (unpaired) electrons. The van der Waals surface area contributed by atoms with Gasteiger partial charge in [0, 0.05) is 19.1 Å². The van der Waals surface area contributed by atoms with Gasteiger partial charge < -0.3 is 5.73 Å². The van der Waals surface area contributed by atoms with E-state index in [0.717, 1.165) is 18.6 Å². The fourth-order valence-corrected chi connectivity index (χ4v) is 4.18. The second-order valence-corrected chi connectivity index (χ2v) is 7.56. The molecule has 0 aromatic heterocycles. The first-order valence-corrected chi connectivity index (χ1v) is 8.39. The molecule has 1 aliphatic rings. The van der Waals surface area contributed by atoms with Gasteiger partial charge in [-0.05, 0) is 50.3 Å². The highest BCUT2D eigenvalue weighted by Crippen LogP contribution is 2.27. The van der Waals surface area contributed by atoms with Crippen LogP contribution in [0.2, 0.25) is 0 Å². The monoisotopic (exact) mass is 354 g/mol. The summed E-state index contributed by atoms with van der Waals surface area (Å²) in [6.07, 6.45) is 1.51. The summed E-state index contributed by atoms with van der Waals surface area (Å²) in [6.45, 7) is 3.77. The van der Waals surface area contributed by atoms with Gasteiger partial charge in [0.1, 0.15) is 16.5 Å². The van der Waals surface area contributed by atoms with Crippen molar-refractivity contribution >= 4 is 22.4 Å². The molecule has 0 amide bonds. The minimum absolute atomic E-state index is 0. The van der Waals surface area contributed by atoms with Crippen LogP contribution in [0.3, 0.4) is 0 Å². The Hall–Kier alpha value is -0.760. The number of rotatable bonds is 3. The number of nitrogens with two attached hydrogens (primary N) is 1. The van der Waals surface area contributed by atoms with Gasteiger partial charge in [-0.2, -0.15) is 4.31 Å². The van der Waals surface area contributed by atoms with Crippen LogP contribution in [0.25, 0.3) is 0 Å². The molecular formula is C14H21ClF2N2O2S. The minimum atomic E-state index is -4.04. The number of hydrogen-bond acceptors (Lipinski definition) is 3. The van der Waals surface area contributed by atoms with Crippen LogP contribution in [0.4, 0.5) is 8.78 Å². The maximum Gasteiger partial charge on any atom is 0.246 e. The summed E-state index contributed by atoms with van der Waals surface area (Å²) in [6, 6.07) is 1.53. The fourth-order valence-electron chi connectivity index (χ4n) is 2.59. The molecule has 2 atom stereocenters. The topological polar surface area (TPSA) is 63.4 Å². The molecule has 8 heteroatoms. The predicted molar refractivity (Wildman–Crippen MR) is 83.5 cm³/mol. The highest BCUT2D eigenvalue weighted by atomic mass is 35.5. The van der Waals surface area contributed by atoms with Crippen molar-refractivity contribution in [2.75, 3.05) is 13.1 Å². The lowest BCUT2D eigenvalue weighted by atomic mass is 9.93. The van der Waals surface area contributed by atoms with E-state index in [1.165, 1.54) is 11.2 Å². The highest BCUT2D eigenvalue weighted by Gasteiger charge is 2.33. The Labute approximate surface area is 136 Å². The van der Waals surface area contributed by atoms with Gasteiger partial charge in [-0.15, -0.1) is 12.4 Å². The largest absolute Gasteiger partial charge is 0.328 e. The number of hydrogen-bond donors (Lipinski definition) is 1. The maximum atomic E-state index is 13.9. The fraction of sp³-hybridized carbons (Fsp3) is 0.571. The van der Waals surface area contributed by atoms with Gasteiger partial charge in [-0.25, -0.2) is 17.2 Å². The Morgan fingerprint density at radius 1 is 1.32 bits per heavy atom. The lowest BCUT2D eigenvalue weighted by Crippen LogP contribution is -2.45. The molecule has 126 valence electrons. The third-order valence-electron chi connectivity index (χ3n) is 4.00. The molecule has 2 N–H and O–H groups in total. The summed E-state index contributed by atoms with van der Waals surface area (Å²) >= 11 is 0. The van der Waals surface area contributed by atoms with E-state index in [1.54, 1.807) is 0 Å². The molecule has 1 aromatic carbocycles. The van der Waals surface area contributed by atoms with Crippen molar-refractivity contribution in [3.63, 3.8) is 0 Å². The smallest absolute Gasteiger partial charge is 0.246 e. The summed E-state index contributed by atoms with van der Waals surface area (Å²) in [5, 5.41) is 0. The zero-order chi connectivity index (χ0) is 15.8. The Morgan fingerprint density at radius 2 is 1.95 bits per heavy atom. The van der Waals surface area contributed by atoms with Crippen LogP contribution >= 0.6 is 12.4 Å². The van der Waals surface area contributed by atoms with Crippen molar-refractivity contribution in [3.8, 4) is 0 Å². The van der Waals surface area contributed by atoms with E-state index >= 15 is 0 Å². The van der Waals surface area contributed by atoms with Crippen LogP contribution in [-0.4, -0.2) is 31.9 Å². The molecule has 2 unspecified atom stereocenters. The molecule has 1 aliphatic heterocycles. The summed E-state index contributed by atoms with van der Waals surface area (Å²) in [4.78, 5) is -0.601. The van der Waals surface area contributed by atoms with Gasteiger partial charge in [0.2, 0.25) is 10.0 Å². The third kappa shape index (κ3) is 3.76. The van der Waals surface area contributed by atoms with Crippen LogP contribution in [0.1, 0.15) is 25.3 Å². The Bertz CT molecular complexity index is 638. The van der Waals surface area contributed by atoms with Gasteiger partial charge in [0.15, 0.2) is 0 Å². The van der Waals surface area contributed by atoms with Gasteiger partial charge in [0.05, 0.1) is 0 Å². The molecule has 4 nitrogen and oxygen atoms in total. The normalized spacial score (nSPS) is 21.2. The number of benzene rings is 1. The quantitative estimate of drug-likeness (QED) is 0.906. The summed E-state index contributed by atoms with van der Waals surface area (Å²) in [5.74, 6) is -1.61. The maximum absolute atomic E-state index is 13.9. The summed E-state index contributed by atoms with van der Waals surface area (Å²) < 4.78 is 53.8. The SMILES string of the molecule is Cc1cc(F)c(S(=O)(=O)N2CCCC(C(C)N)C2)cc1F.Cl. The lowest BCUT2D eigenvalue weighted by molar-refractivity contribution is 0.242. The second-order valence-electron chi connectivity index (χ2n) is 5.66. The number of aryl methyl sites for hydroxylation is 1. The molecule has 0 saturated carbocycles. The van der Waals surface area contributed by atoms with Gasteiger partial charge in [0.25, 0.3) is 0 Å². The van der Waals surface area contributed by atoms with Crippen LogP contribution < -0.4 is 5.73 Å². The Kier molecular flexibility index (Phi) is 6.32. The van der Waals surface area contributed by atoms with Crippen molar-refractivity contribution < 1.29 is 17.2 Å². The number of sulfonamides is 1. The summed E-state index contributed by atoms with van der Waals surface area (Å²) in [5.41, 5.74) is 5.91. The lowest BCUT2D eigenvalue weighted by Gasteiger charge is -2.33. The first-order chi connectivity index (χ1) is 9.73. The van der Waals surface area contributed by atoms with Crippen LogP contribution in [0, 0.1) is 24.5 Å². The number of nitrogens with zero attached hydrogens (tertiary/aromatic N) is 1. The van der Waals surface area contributed by atoms with Crippen molar-refractivity contribution in [2.24, 2.45) is 11.7 Å². The van der Waals surface area contributed by atoms with Crippen LogP contribution in [-0.2, 0) is 10.0 Å². The highest BCUT2D eigenvalue weighted by molar-refractivity contribution is 7.89.